The van der Waals surface area contributed by atoms with Crippen LogP contribution in [0.3, 0.4) is 0 Å². The monoisotopic (exact) mass is 609 g/mol. The summed E-state index contributed by atoms with van der Waals surface area (Å²) < 4.78 is 14.2. The first kappa shape index (κ1) is 29.2. The average molecular weight is 610 g/mol. The molecule has 4 aromatic carbocycles. The molecule has 45 heavy (non-hydrogen) atoms. The van der Waals surface area contributed by atoms with Gasteiger partial charge in [0.05, 0.1) is 11.6 Å². The lowest BCUT2D eigenvalue weighted by atomic mass is 9.86. The van der Waals surface area contributed by atoms with Crippen molar-refractivity contribution in [3.8, 4) is 28.4 Å². The van der Waals surface area contributed by atoms with Crippen molar-refractivity contribution in [3.05, 3.63) is 112 Å². The fourth-order valence-electron chi connectivity index (χ4n) is 6.26. The Labute approximate surface area is 256 Å². The van der Waals surface area contributed by atoms with Crippen LogP contribution in [0.1, 0.15) is 57.1 Å². The zero-order chi connectivity index (χ0) is 31.7. The molecule has 1 amide bonds. The van der Waals surface area contributed by atoms with Gasteiger partial charge in [-0.2, -0.15) is 0 Å². The molecule has 3 N–H and O–H groups in total. The molecule has 4 aromatic rings. The Morgan fingerprint density at radius 1 is 0.689 bits per heavy atom. The van der Waals surface area contributed by atoms with Crippen LogP contribution in [0.5, 0.6) is 17.2 Å². The highest BCUT2D eigenvalue weighted by atomic mass is 16.7. The van der Waals surface area contributed by atoms with Gasteiger partial charge in [0.1, 0.15) is 0 Å². The van der Waals surface area contributed by atoms with E-state index in [9.17, 15) is 29.4 Å². The molecule has 0 saturated heterocycles. The van der Waals surface area contributed by atoms with Crippen molar-refractivity contribution in [1.82, 2.24) is 4.90 Å². The van der Waals surface area contributed by atoms with Crippen molar-refractivity contribution >= 4 is 24.4 Å². The van der Waals surface area contributed by atoms with Crippen molar-refractivity contribution in [2.24, 2.45) is 0 Å². The SMILES string of the molecule is O=C(O)Oc1cc(OC(=O)O)c(C(=O)N(Cc2ccc3c(c2)Cc2ccccc2-3)[C@H]2CCCc3ccccc32)cc1OC(=O)O. The van der Waals surface area contributed by atoms with E-state index < -0.39 is 47.7 Å². The number of carbonyl (C=O) groups excluding carboxylic acids is 1. The van der Waals surface area contributed by atoms with Crippen LogP contribution >= 0.6 is 0 Å². The maximum absolute atomic E-state index is 14.5. The number of fused-ring (bicyclic) bond motifs is 4. The Morgan fingerprint density at radius 3 is 2.04 bits per heavy atom. The van der Waals surface area contributed by atoms with Crippen LogP contribution in [0.2, 0.25) is 0 Å². The van der Waals surface area contributed by atoms with E-state index in [-0.39, 0.29) is 12.1 Å². The molecule has 0 fully saturated rings. The molecular weight excluding hydrogens is 582 g/mol. The molecular formula is C34H27NO10. The summed E-state index contributed by atoms with van der Waals surface area (Å²) in [5, 5.41) is 27.9. The molecule has 0 aliphatic heterocycles. The van der Waals surface area contributed by atoms with E-state index in [1.165, 1.54) is 11.1 Å². The summed E-state index contributed by atoms with van der Waals surface area (Å²) in [6, 6.07) is 23.3. The minimum absolute atomic E-state index is 0.135. The molecule has 0 unspecified atom stereocenters. The lowest BCUT2D eigenvalue weighted by molar-refractivity contribution is 0.0633. The third kappa shape index (κ3) is 6.00. The second kappa shape index (κ2) is 12.0. The quantitative estimate of drug-likeness (QED) is 0.128. The highest BCUT2D eigenvalue weighted by Crippen LogP contribution is 2.42. The molecule has 11 nitrogen and oxygen atoms in total. The van der Waals surface area contributed by atoms with Crippen LogP contribution in [0.15, 0.2) is 78.9 Å². The molecule has 2 aliphatic rings. The largest absolute Gasteiger partial charge is 0.511 e. The lowest BCUT2D eigenvalue weighted by Crippen LogP contribution is -2.36. The topological polar surface area (TPSA) is 160 Å². The van der Waals surface area contributed by atoms with E-state index in [0.29, 0.717) is 6.42 Å². The first-order chi connectivity index (χ1) is 21.7. The van der Waals surface area contributed by atoms with Gasteiger partial charge in [0.25, 0.3) is 5.91 Å². The number of nitrogens with zero attached hydrogens (tertiary/aromatic N) is 1. The number of carbonyl (C=O) groups is 4. The molecule has 0 spiro atoms. The van der Waals surface area contributed by atoms with Crippen molar-refractivity contribution < 1.29 is 48.7 Å². The molecule has 228 valence electrons. The summed E-state index contributed by atoms with van der Waals surface area (Å²) in [6.07, 6.45) is -2.40. The molecule has 0 radical (unpaired) electrons. The molecule has 2 aliphatic carbocycles. The van der Waals surface area contributed by atoms with E-state index in [1.54, 1.807) is 4.90 Å². The standard InChI is InChI=1S/C34H27NO10/c36-31(26-16-29(44-33(39)40)30(45-34(41)42)17-28(26)43-32(37)38)35(27-11-5-8-20-6-1-4-10-25(20)27)18-19-12-13-24-22(14-19)15-21-7-2-3-9-23(21)24/h1-4,6-7,9-10,12-14,16-17,27H,5,8,11,15,18H2,(H,37,38)(H,39,40)(H,41,42)/t27-/m0/s1. The van der Waals surface area contributed by atoms with Crippen molar-refractivity contribution in [1.29, 1.82) is 0 Å². The lowest BCUT2D eigenvalue weighted by Gasteiger charge is -2.36. The van der Waals surface area contributed by atoms with Gasteiger partial charge in [0, 0.05) is 18.7 Å². The minimum Gasteiger partial charge on any atom is -0.449 e. The minimum atomic E-state index is -1.82. The molecule has 0 heterocycles. The number of amides is 1. The van der Waals surface area contributed by atoms with Gasteiger partial charge in [-0.1, -0.05) is 66.7 Å². The Kier molecular flexibility index (Phi) is 7.82. The van der Waals surface area contributed by atoms with Crippen molar-refractivity contribution in [2.45, 2.75) is 38.3 Å². The number of rotatable bonds is 7. The molecule has 0 aromatic heterocycles. The summed E-state index contributed by atoms with van der Waals surface area (Å²) >= 11 is 0. The summed E-state index contributed by atoms with van der Waals surface area (Å²) in [6.45, 7) is 0.135. The second-order valence-corrected chi connectivity index (χ2v) is 10.8. The normalized spacial score (nSPS) is 14.4. The maximum Gasteiger partial charge on any atom is 0.511 e. The molecule has 0 saturated carbocycles. The van der Waals surface area contributed by atoms with Crippen LogP contribution in [0.25, 0.3) is 11.1 Å². The highest BCUT2D eigenvalue weighted by Gasteiger charge is 2.33. The number of aryl methyl sites for hydroxylation is 1. The third-order valence-electron chi connectivity index (χ3n) is 8.05. The number of hydrogen-bond acceptors (Lipinski definition) is 7. The van der Waals surface area contributed by atoms with E-state index >= 15 is 0 Å². The number of ether oxygens (including phenoxy) is 3. The first-order valence-corrected chi connectivity index (χ1v) is 14.2. The van der Waals surface area contributed by atoms with Crippen molar-refractivity contribution in [3.63, 3.8) is 0 Å². The Morgan fingerprint density at radius 2 is 1.31 bits per heavy atom. The van der Waals surface area contributed by atoms with Crippen LogP contribution in [0, 0.1) is 0 Å². The smallest absolute Gasteiger partial charge is 0.449 e. The van der Waals surface area contributed by atoms with Crippen LogP contribution in [-0.4, -0.2) is 44.6 Å². The summed E-state index contributed by atoms with van der Waals surface area (Å²) in [5.41, 5.74) is 7.14. The predicted molar refractivity (Wildman–Crippen MR) is 159 cm³/mol. The van der Waals surface area contributed by atoms with Gasteiger partial charge in [-0.3, -0.25) is 4.79 Å². The van der Waals surface area contributed by atoms with Gasteiger partial charge in [-0.05, 0) is 64.6 Å². The second-order valence-electron chi connectivity index (χ2n) is 10.8. The molecule has 11 heteroatoms. The van der Waals surface area contributed by atoms with Gasteiger partial charge in [0.2, 0.25) is 0 Å². The van der Waals surface area contributed by atoms with E-state index in [2.05, 4.69) is 22.9 Å². The third-order valence-corrected chi connectivity index (χ3v) is 8.05. The zero-order valence-electron chi connectivity index (χ0n) is 23.8. The fraction of sp³-hybridized carbons (Fsp3) is 0.176. The Hall–Kier alpha value is -5.84. The highest BCUT2D eigenvalue weighted by molar-refractivity contribution is 5.99. The summed E-state index contributed by atoms with van der Waals surface area (Å²) in [5.74, 6) is -2.50. The maximum atomic E-state index is 14.5. The van der Waals surface area contributed by atoms with Crippen LogP contribution in [0.4, 0.5) is 14.4 Å². The van der Waals surface area contributed by atoms with E-state index in [4.69, 9.17) is 14.6 Å². The number of benzene rings is 4. The van der Waals surface area contributed by atoms with E-state index in [0.717, 1.165) is 59.2 Å². The van der Waals surface area contributed by atoms with Gasteiger partial charge in [-0.15, -0.1) is 0 Å². The number of hydrogen-bond donors (Lipinski definition) is 3. The Balaban J connectivity index is 1.45. The predicted octanol–water partition coefficient (Wildman–Crippen LogP) is 7.15. The summed E-state index contributed by atoms with van der Waals surface area (Å²) in [7, 11) is 0. The van der Waals surface area contributed by atoms with Gasteiger partial charge < -0.3 is 34.4 Å². The molecule has 6 rings (SSSR count). The van der Waals surface area contributed by atoms with E-state index in [1.807, 2.05) is 48.5 Å². The van der Waals surface area contributed by atoms with Gasteiger partial charge >= 0.3 is 18.5 Å². The summed E-state index contributed by atoms with van der Waals surface area (Å²) in [4.78, 5) is 50.5. The molecule has 0 bridgehead atoms. The first-order valence-electron chi connectivity index (χ1n) is 14.2. The fourth-order valence-corrected chi connectivity index (χ4v) is 6.26. The Bertz CT molecular complexity index is 1850. The van der Waals surface area contributed by atoms with Gasteiger partial charge in [-0.25, -0.2) is 14.4 Å². The van der Waals surface area contributed by atoms with Crippen LogP contribution in [-0.2, 0) is 19.4 Å². The average Bonchev–Trinajstić information content (AvgIpc) is 3.37. The van der Waals surface area contributed by atoms with Crippen LogP contribution < -0.4 is 14.2 Å². The van der Waals surface area contributed by atoms with Crippen molar-refractivity contribution in [2.75, 3.05) is 0 Å². The van der Waals surface area contributed by atoms with Gasteiger partial charge in [0.15, 0.2) is 17.2 Å². The number of carboxylic acid groups (broad SMARTS) is 3. The zero-order valence-corrected chi connectivity index (χ0v) is 23.8. The molecule has 1 atom stereocenters.